The molecule has 0 aliphatic heterocycles. The van der Waals surface area contributed by atoms with Crippen LogP contribution >= 0.6 is 0 Å². The molecule has 0 radical (unpaired) electrons. The molecule has 0 aliphatic carbocycles. The SMILES string of the molecule is Cc1cc2c3c([se]c4ccccc43)c(-c3c(C)ccc4ccccc34)[n+](C)c2cc1C. The number of hydrogen-bond acceptors (Lipinski definition) is 0. The van der Waals surface area contributed by atoms with E-state index in [0.29, 0.717) is 0 Å². The molecule has 150 valence electrons. The van der Waals surface area contributed by atoms with Crippen LogP contribution in [0.5, 0.6) is 0 Å². The molecular formula is C29H24NSe+. The second kappa shape index (κ2) is 6.79. The molecule has 0 amide bonds. The average Bonchev–Trinajstić information content (AvgIpc) is 3.16. The van der Waals surface area contributed by atoms with E-state index in [-0.39, 0.29) is 14.5 Å². The Balaban J connectivity index is 1.93. The van der Waals surface area contributed by atoms with Crippen molar-refractivity contribution < 1.29 is 4.57 Å². The van der Waals surface area contributed by atoms with Gasteiger partial charge in [-0.05, 0) is 0 Å². The van der Waals surface area contributed by atoms with E-state index in [1.54, 1.807) is 0 Å². The van der Waals surface area contributed by atoms with Gasteiger partial charge >= 0.3 is 189 Å². The quantitative estimate of drug-likeness (QED) is 0.186. The van der Waals surface area contributed by atoms with E-state index in [2.05, 4.69) is 105 Å². The van der Waals surface area contributed by atoms with Crippen molar-refractivity contribution in [2.75, 3.05) is 0 Å². The van der Waals surface area contributed by atoms with Gasteiger partial charge in [-0.1, -0.05) is 0 Å². The fourth-order valence-corrected chi connectivity index (χ4v) is 7.74. The number of rotatable bonds is 1. The summed E-state index contributed by atoms with van der Waals surface area (Å²) in [5.41, 5.74) is 8.13. The molecule has 2 heterocycles. The van der Waals surface area contributed by atoms with Crippen LogP contribution in [-0.2, 0) is 7.05 Å². The third-order valence-corrected chi connectivity index (χ3v) is 9.23. The van der Waals surface area contributed by atoms with E-state index in [9.17, 15) is 0 Å². The van der Waals surface area contributed by atoms with Crippen LogP contribution in [0.1, 0.15) is 16.7 Å². The summed E-state index contributed by atoms with van der Waals surface area (Å²) in [4.78, 5) is 0. The van der Waals surface area contributed by atoms with Crippen molar-refractivity contribution in [1.29, 1.82) is 0 Å². The summed E-state index contributed by atoms with van der Waals surface area (Å²) in [5.74, 6) is 0. The fraction of sp³-hybridized carbons (Fsp3) is 0.138. The van der Waals surface area contributed by atoms with Gasteiger partial charge in [-0.2, -0.15) is 0 Å². The summed E-state index contributed by atoms with van der Waals surface area (Å²) in [6.07, 6.45) is 0. The second-order valence-corrected chi connectivity index (χ2v) is 10.8. The molecule has 0 fully saturated rings. The second-order valence-electron chi connectivity index (χ2n) is 8.64. The summed E-state index contributed by atoms with van der Waals surface area (Å²) < 4.78 is 5.48. The molecule has 0 saturated carbocycles. The van der Waals surface area contributed by atoms with Gasteiger partial charge in [-0.3, -0.25) is 0 Å². The van der Waals surface area contributed by atoms with E-state index in [0.717, 1.165) is 0 Å². The summed E-state index contributed by atoms with van der Waals surface area (Å²) in [5, 5.41) is 6.91. The molecule has 0 spiro atoms. The summed E-state index contributed by atoms with van der Waals surface area (Å²) >= 11 is 0.287. The van der Waals surface area contributed by atoms with Gasteiger partial charge in [-0.15, -0.1) is 0 Å². The zero-order valence-electron chi connectivity index (χ0n) is 18.3. The monoisotopic (exact) mass is 466 g/mol. The van der Waals surface area contributed by atoms with Gasteiger partial charge in [-0.25, -0.2) is 0 Å². The van der Waals surface area contributed by atoms with Crippen LogP contribution in [-0.4, -0.2) is 14.5 Å². The molecule has 1 nitrogen and oxygen atoms in total. The van der Waals surface area contributed by atoms with Gasteiger partial charge in [0.15, 0.2) is 0 Å². The Labute approximate surface area is 188 Å². The van der Waals surface area contributed by atoms with Crippen LogP contribution in [0.4, 0.5) is 0 Å². The van der Waals surface area contributed by atoms with Gasteiger partial charge in [0.1, 0.15) is 0 Å². The number of nitrogens with zero attached hydrogens (tertiary/aromatic N) is 1. The summed E-state index contributed by atoms with van der Waals surface area (Å²) in [6, 6.07) is 27.1. The number of benzene rings is 4. The molecule has 0 atom stereocenters. The standard InChI is InChI=1S/C29H24NSe/c1-17-13-14-20-9-5-6-10-21(20)26(17)28-29-27(22-11-7-8-12-25(22)31-29)23-15-18(2)19(3)16-24(23)30(28)4/h5-16H,1-4H3/q+1. The van der Waals surface area contributed by atoms with E-state index < -0.39 is 0 Å². The minimum atomic E-state index is 0.287. The zero-order valence-corrected chi connectivity index (χ0v) is 20.0. The molecule has 6 rings (SSSR count). The molecular weight excluding hydrogens is 441 g/mol. The van der Waals surface area contributed by atoms with Crippen molar-refractivity contribution in [3.8, 4) is 11.3 Å². The van der Waals surface area contributed by atoms with Gasteiger partial charge < -0.3 is 0 Å². The van der Waals surface area contributed by atoms with Crippen molar-refractivity contribution >= 4 is 55.5 Å². The number of fused-ring (bicyclic) bond motifs is 6. The van der Waals surface area contributed by atoms with Crippen LogP contribution in [0.15, 0.2) is 72.8 Å². The molecule has 31 heavy (non-hydrogen) atoms. The predicted octanol–water partition coefficient (Wildman–Crippen LogP) is 6.77. The Bertz CT molecular complexity index is 1670. The van der Waals surface area contributed by atoms with Crippen molar-refractivity contribution in [2.24, 2.45) is 7.05 Å². The fourth-order valence-electron chi connectivity index (χ4n) is 5.01. The zero-order chi connectivity index (χ0) is 21.3. The summed E-state index contributed by atoms with van der Waals surface area (Å²) in [6.45, 7) is 6.71. The predicted molar refractivity (Wildman–Crippen MR) is 134 cm³/mol. The average molecular weight is 465 g/mol. The molecule has 0 N–H and O–H groups in total. The number of aryl methyl sites for hydroxylation is 4. The number of hydrogen-bond donors (Lipinski definition) is 0. The third kappa shape index (κ3) is 2.65. The first kappa shape index (κ1) is 18.8. The maximum absolute atomic E-state index is 2.46. The summed E-state index contributed by atoms with van der Waals surface area (Å²) in [7, 11) is 2.26. The first-order chi connectivity index (χ1) is 15.0. The van der Waals surface area contributed by atoms with Crippen molar-refractivity contribution in [3.63, 3.8) is 0 Å². The van der Waals surface area contributed by atoms with E-state index in [1.807, 2.05) is 0 Å². The number of pyridine rings is 1. The van der Waals surface area contributed by atoms with Crippen molar-refractivity contribution in [2.45, 2.75) is 20.8 Å². The Morgan fingerprint density at radius 1 is 0.677 bits per heavy atom. The van der Waals surface area contributed by atoms with Gasteiger partial charge in [0.05, 0.1) is 0 Å². The Hall–Kier alpha value is -2.93. The van der Waals surface area contributed by atoms with E-state index in [4.69, 9.17) is 0 Å². The molecule has 2 heteroatoms. The van der Waals surface area contributed by atoms with E-state index >= 15 is 0 Å². The topological polar surface area (TPSA) is 3.88 Å². The first-order valence-corrected chi connectivity index (χ1v) is 12.5. The normalized spacial score (nSPS) is 11.9. The molecule has 0 saturated heterocycles. The van der Waals surface area contributed by atoms with Crippen molar-refractivity contribution in [1.82, 2.24) is 0 Å². The van der Waals surface area contributed by atoms with Crippen molar-refractivity contribution in [3.05, 3.63) is 89.5 Å². The number of aromatic nitrogens is 1. The van der Waals surface area contributed by atoms with Crippen LogP contribution < -0.4 is 4.57 Å². The molecule has 2 aromatic heterocycles. The van der Waals surface area contributed by atoms with E-state index in [1.165, 1.54) is 68.9 Å². The Morgan fingerprint density at radius 2 is 1.39 bits per heavy atom. The minimum absolute atomic E-state index is 0.287. The molecule has 4 aromatic carbocycles. The van der Waals surface area contributed by atoms with Crippen LogP contribution in [0.25, 0.3) is 52.2 Å². The van der Waals surface area contributed by atoms with Crippen LogP contribution in [0.2, 0.25) is 0 Å². The molecule has 6 aromatic rings. The third-order valence-electron chi connectivity index (χ3n) is 6.76. The van der Waals surface area contributed by atoms with Gasteiger partial charge in [0, 0.05) is 0 Å². The first-order valence-electron chi connectivity index (χ1n) is 10.8. The van der Waals surface area contributed by atoms with Gasteiger partial charge in [0.2, 0.25) is 0 Å². The Morgan fingerprint density at radius 3 is 2.23 bits per heavy atom. The maximum atomic E-state index is 2.46. The molecule has 0 aliphatic rings. The van der Waals surface area contributed by atoms with Crippen LogP contribution in [0, 0.1) is 20.8 Å². The Kier molecular flexibility index (Phi) is 4.12. The molecule has 0 unspecified atom stereocenters. The van der Waals surface area contributed by atoms with Crippen LogP contribution in [0.3, 0.4) is 0 Å². The van der Waals surface area contributed by atoms with Gasteiger partial charge in [0.25, 0.3) is 0 Å². The molecule has 0 bridgehead atoms.